The van der Waals surface area contributed by atoms with Gasteiger partial charge in [-0.3, -0.25) is 9.78 Å². The molecule has 1 aliphatic rings. The number of nitrogens with zero attached hydrogens (tertiary/aromatic N) is 1. The fraction of sp³-hybridized carbons (Fsp3) is 0.538. The summed E-state index contributed by atoms with van der Waals surface area (Å²) in [6.07, 6.45) is 4.16. The highest BCUT2D eigenvalue weighted by Gasteiger charge is 2.41. The molecule has 0 spiro atoms. The Labute approximate surface area is 117 Å². The Morgan fingerprint density at radius 1 is 1.50 bits per heavy atom. The third kappa shape index (κ3) is 2.53. The molecule has 1 aromatic rings. The van der Waals surface area contributed by atoms with Gasteiger partial charge in [-0.25, -0.2) is 0 Å². The minimum Gasteiger partial charge on any atom is -0.316 e. The van der Waals surface area contributed by atoms with Crippen molar-refractivity contribution in [1.29, 1.82) is 0 Å². The molecule has 1 aliphatic heterocycles. The van der Waals surface area contributed by atoms with E-state index in [1.165, 1.54) is 6.20 Å². The Morgan fingerprint density at radius 3 is 2.83 bits per heavy atom. The summed E-state index contributed by atoms with van der Waals surface area (Å²) in [5.74, 6) is 0.0768. The van der Waals surface area contributed by atoms with Crippen LogP contribution < -0.4 is 5.32 Å². The van der Waals surface area contributed by atoms with Crippen molar-refractivity contribution in [3.8, 4) is 0 Å². The van der Waals surface area contributed by atoms with Crippen LogP contribution >= 0.6 is 23.2 Å². The molecular weight excluding hydrogens is 271 g/mol. The van der Waals surface area contributed by atoms with Crippen LogP contribution in [0.25, 0.3) is 0 Å². The number of halogens is 2. The number of pyridine rings is 1. The van der Waals surface area contributed by atoms with Crippen molar-refractivity contribution in [2.45, 2.75) is 26.2 Å². The molecular formula is C13H16Cl2N2O. The number of Topliss-reactive ketones (excluding diaryl/α,β-unsaturated/α-hetero) is 1. The van der Waals surface area contributed by atoms with E-state index in [0.717, 1.165) is 32.4 Å². The minimum absolute atomic E-state index is 0.0768. The van der Waals surface area contributed by atoms with Crippen LogP contribution in [-0.4, -0.2) is 23.9 Å². The average Bonchev–Trinajstić information content (AvgIpc) is 2.82. The number of nitrogens with one attached hydrogen (secondary N) is 1. The van der Waals surface area contributed by atoms with Crippen LogP contribution in [0, 0.1) is 5.41 Å². The van der Waals surface area contributed by atoms with Gasteiger partial charge in [0.05, 0.1) is 10.0 Å². The minimum atomic E-state index is -0.321. The monoisotopic (exact) mass is 286 g/mol. The molecule has 2 heterocycles. The lowest BCUT2D eigenvalue weighted by atomic mass is 9.77. The summed E-state index contributed by atoms with van der Waals surface area (Å²) in [4.78, 5) is 16.7. The molecule has 18 heavy (non-hydrogen) atoms. The van der Waals surface area contributed by atoms with Gasteiger partial charge in [0.1, 0.15) is 5.69 Å². The lowest BCUT2D eigenvalue weighted by Gasteiger charge is -2.25. The Hall–Kier alpha value is -0.640. The second-order valence-electron chi connectivity index (χ2n) is 4.77. The van der Waals surface area contributed by atoms with E-state index < -0.39 is 0 Å². The summed E-state index contributed by atoms with van der Waals surface area (Å²) in [7, 11) is 0. The predicted octanol–water partition coefficient (Wildman–Crippen LogP) is 3.35. The standard InChI is InChI=1S/C13H16Cl2N2O/c1-2-3-13(4-5-16-8-13)12(18)11-6-9(14)10(15)7-17-11/h6-7,16H,2-5,8H2,1H3. The number of hydrogen-bond donors (Lipinski definition) is 1. The SMILES string of the molecule is CCCC1(C(=O)c2cc(Cl)c(Cl)cn2)CCNC1. The number of hydrogen-bond acceptors (Lipinski definition) is 3. The summed E-state index contributed by atoms with van der Waals surface area (Å²) in [6, 6.07) is 1.57. The molecule has 0 bridgehead atoms. The number of carbonyl (C=O) groups excluding carboxylic acids is 1. The maximum absolute atomic E-state index is 12.6. The summed E-state index contributed by atoms with van der Waals surface area (Å²) < 4.78 is 0. The highest BCUT2D eigenvalue weighted by atomic mass is 35.5. The van der Waals surface area contributed by atoms with Crippen molar-refractivity contribution in [2.24, 2.45) is 5.41 Å². The van der Waals surface area contributed by atoms with Gasteiger partial charge in [-0.15, -0.1) is 0 Å². The Bertz CT molecular complexity index is 456. The van der Waals surface area contributed by atoms with E-state index in [-0.39, 0.29) is 11.2 Å². The van der Waals surface area contributed by atoms with Gasteiger partial charge in [-0.2, -0.15) is 0 Å². The van der Waals surface area contributed by atoms with Crippen molar-refractivity contribution < 1.29 is 4.79 Å². The number of rotatable bonds is 4. The van der Waals surface area contributed by atoms with Gasteiger partial charge >= 0.3 is 0 Å². The molecule has 1 aromatic heterocycles. The molecule has 1 N–H and O–H groups in total. The first-order valence-corrected chi connectivity index (χ1v) is 6.91. The van der Waals surface area contributed by atoms with E-state index in [1.54, 1.807) is 6.07 Å². The first-order chi connectivity index (χ1) is 8.59. The summed E-state index contributed by atoms with van der Waals surface area (Å²) in [5, 5.41) is 4.03. The molecule has 98 valence electrons. The average molecular weight is 287 g/mol. The van der Waals surface area contributed by atoms with Gasteiger partial charge in [0.2, 0.25) is 0 Å². The summed E-state index contributed by atoms with van der Waals surface area (Å²) >= 11 is 11.8. The largest absolute Gasteiger partial charge is 0.316 e. The maximum Gasteiger partial charge on any atom is 0.188 e. The second kappa shape index (κ2) is 5.55. The quantitative estimate of drug-likeness (QED) is 0.863. The second-order valence-corrected chi connectivity index (χ2v) is 5.58. The fourth-order valence-electron chi connectivity index (χ4n) is 2.55. The van der Waals surface area contributed by atoms with Crippen molar-refractivity contribution in [1.82, 2.24) is 10.3 Å². The Morgan fingerprint density at radius 2 is 2.28 bits per heavy atom. The molecule has 1 atom stereocenters. The summed E-state index contributed by atoms with van der Waals surface area (Å²) in [6.45, 7) is 3.70. The molecule has 5 heteroatoms. The van der Waals surface area contributed by atoms with E-state index >= 15 is 0 Å². The first-order valence-electron chi connectivity index (χ1n) is 6.15. The van der Waals surface area contributed by atoms with Crippen LogP contribution in [0.1, 0.15) is 36.7 Å². The molecule has 0 radical (unpaired) electrons. The highest BCUT2D eigenvalue weighted by molar-refractivity contribution is 6.42. The van der Waals surface area contributed by atoms with Crippen LogP contribution in [-0.2, 0) is 0 Å². The van der Waals surface area contributed by atoms with Crippen molar-refractivity contribution >= 4 is 29.0 Å². The van der Waals surface area contributed by atoms with E-state index in [2.05, 4.69) is 17.2 Å². The molecule has 1 saturated heterocycles. The van der Waals surface area contributed by atoms with Gasteiger partial charge in [-0.05, 0) is 25.5 Å². The molecule has 3 nitrogen and oxygen atoms in total. The van der Waals surface area contributed by atoms with E-state index in [0.29, 0.717) is 15.7 Å². The summed E-state index contributed by atoms with van der Waals surface area (Å²) in [5.41, 5.74) is 0.0976. The molecule has 1 fully saturated rings. The Balaban J connectivity index is 2.30. The molecule has 0 amide bonds. The molecule has 0 aromatic carbocycles. The van der Waals surface area contributed by atoms with Crippen molar-refractivity contribution in [3.63, 3.8) is 0 Å². The van der Waals surface area contributed by atoms with Gasteiger partial charge in [0, 0.05) is 18.2 Å². The van der Waals surface area contributed by atoms with E-state index in [9.17, 15) is 4.79 Å². The predicted molar refractivity (Wildman–Crippen MR) is 73.4 cm³/mol. The van der Waals surface area contributed by atoms with Gasteiger partial charge < -0.3 is 5.32 Å². The van der Waals surface area contributed by atoms with E-state index in [1.807, 2.05) is 0 Å². The zero-order valence-electron chi connectivity index (χ0n) is 10.3. The number of carbonyl (C=O) groups is 1. The normalized spacial score (nSPS) is 23.3. The number of aromatic nitrogens is 1. The smallest absolute Gasteiger partial charge is 0.188 e. The van der Waals surface area contributed by atoms with Gasteiger partial charge in [0.25, 0.3) is 0 Å². The Kier molecular flexibility index (Phi) is 4.25. The van der Waals surface area contributed by atoms with Crippen molar-refractivity contribution in [3.05, 3.63) is 28.0 Å². The molecule has 2 rings (SSSR count). The van der Waals surface area contributed by atoms with Crippen LogP contribution in [0.3, 0.4) is 0 Å². The lowest BCUT2D eigenvalue weighted by molar-refractivity contribution is 0.0796. The van der Waals surface area contributed by atoms with Crippen LogP contribution in [0.15, 0.2) is 12.3 Å². The topological polar surface area (TPSA) is 42.0 Å². The molecule has 1 unspecified atom stereocenters. The molecule has 0 saturated carbocycles. The third-order valence-corrected chi connectivity index (χ3v) is 4.21. The van der Waals surface area contributed by atoms with Crippen LogP contribution in [0.2, 0.25) is 10.0 Å². The van der Waals surface area contributed by atoms with Gasteiger partial charge in [-0.1, -0.05) is 36.5 Å². The zero-order chi connectivity index (χ0) is 13.2. The van der Waals surface area contributed by atoms with Gasteiger partial charge in [0.15, 0.2) is 5.78 Å². The maximum atomic E-state index is 12.6. The highest BCUT2D eigenvalue weighted by Crippen LogP contribution is 2.35. The van der Waals surface area contributed by atoms with E-state index in [4.69, 9.17) is 23.2 Å². The zero-order valence-corrected chi connectivity index (χ0v) is 11.8. The van der Waals surface area contributed by atoms with Crippen LogP contribution in [0.5, 0.6) is 0 Å². The number of ketones is 1. The fourth-order valence-corrected chi connectivity index (χ4v) is 2.81. The van der Waals surface area contributed by atoms with Crippen LogP contribution in [0.4, 0.5) is 0 Å². The third-order valence-electron chi connectivity index (χ3n) is 3.50. The first kappa shape index (κ1) is 13.8. The molecule has 0 aliphatic carbocycles. The lowest BCUT2D eigenvalue weighted by Crippen LogP contribution is -2.34. The van der Waals surface area contributed by atoms with Crippen molar-refractivity contribution in [2.75, 3.05) is 13.1 Å².